The fourth-order valence-electron chi connectivity index (χ4n) is 1.77. The number of unbranched alkanes of at least 4 members (excludes halogenated alkanes) is 1. The zero-order valence-electron chi connectivity index (χ0n) is 8.47. The Hall–Kier alpha value is -0.0400. The summed E-state index contributed by atoms with van der Waals surface area (Å²) in [5, 5.41) is 10.0. The largest absolute Gasteiger partial charge is 0.390 e. The summed E-state index contributed by atoms with van der Waals surface area (Å²) in [6.07, 6.45) is 6.79. The van der Waals surface area contributed by atoms with Gasteiger partial charge < -0.3 is 5.11 Å². The van der Waals surface area contributed by atoms with Crippen LogP contribution in [0.1, 0.15) is 59.6 Å². The Morgan fingerprint density at radius 3 is 2.64 bits per heavy atom. The first-order chi connectivity index (χ1) is 5.66. The van der Waals surface area contributed by atoms with Gasteiger partial charge in [0.2, 0.25) is 0 Å². The number of aliphatic hydroxyl groups is 1. The van der Waals surface area contributed by atoms with Gasteiger partial charge in [-0.2, -0.15) is 0 Å². The van der Waals surface area contributed by atoms with Crippen molar-refractivity contribution in [3.8, 4) is 0 Å². The van der Waals surface area contributed by atoms with Crippen LogP contribution in [0.15, 0.2) is 0 Å². The molecular formula is C10H20O. The molecule has 1 nitrogen and oxygen atoms in total. The summed E-state index contributed by atoms with van der Waals surface area (Å²) in [6.45, 7) is 2.15. The Kier molecular flexibility index (Phi) is 2.84. The van der Waals surface area contributed by atoms with Gasteiger partial charge in [-0.25, -0.2) is 0 Å². The minimum Gasteiger partial charge on any atom is -0.390 e. The van der Waals surface area contributed by atoms with Crippen LogP contribution in [-0.4, -0.2) is 10.7 Å². The Morgan fingerprint density at radius 2 is 2.09 bits per heavy atom. The molecule has 0 amide bonds. The maximum atomic E-state index is 10.0. The highest BCUT2D eigenvalue weighted by molar-refractivity contribution is 4.81. The smallest absolute Gasteiger partial charge is 0.0647 e. The number of rotatable bonds is 3. The van der Waals surface area contributed by atoms with Crippen molar-refractivity contribution in [3.63, 3.8) is 0 Å². The average molecular weight is 158 g/mol. The monoisotopic (exact) mass is 158 g/mol. The van der Waals surface area contributed by atoms with E-state index in [1.165, 1.54) is 0 Å². The van der Waals surface area contributed by atoms with E-state index in [1.54, 1.807) is 0 Å². The van der Waals surface area contributed by atoms with Crippen LogP contribution in [0.4, 0.5) is 0 Å². The molecule has 0 atom stereocenters. The highest BCUT2D eigenvalue weighted by Crippen LogP contribution is 2.31. The van der Waals surface area contributed by atoms with Gasteiger partial charge in [0.1, 0.15) is 0 Å². The minimum absolute atomic E-state index is 0.0897. The van der Waals surface area contributed by atoms with Crippen molar-refractivity contribution in [2.45, 2.75) is 63.9 Å². The molecule has 1 aliphatic carbocycles. The highest BCUT2D eigenvalue weighted by atomic mass is 16.3. The molecule has 0 aromatic carbocycles. The standard InChI is InChI=1S/C10H20O/c1-2-3-7-10(11)8-5-4-6-9-10/h11H,2-9H2,1H3/i4T. The van der Waals surface area contributed by atoms with E-state index in [2.05, 4.69) is 6.92 Å². The molecule has 1 saturated carbocycles. The molecule has 1 heteroatoms. The van der Waals surface area contributed by atoms with Crippen molar-refractivity contribution in [2.24, 2.45) is 0 Å². The van der Waals surface area contributed by atoms with Gasteiger partial charge in [0.05, 0.1) is 5.60 Å². The van der Waals surface area contributed by atoms with Gasteiger partial charge in [0, 0.05) is 1.37 Å². The second-order valence-electron chi connectivity index (χ2n) is 3.69. The lowest BCUT2D eigenvalue weighted by atomic mass is 9.81. The van der Waals surface area contributed by atoms with E-state index in [0.29, 0.717) is 0 Å². The second-order valence-corrected chi connectivity index (χ2v) is 3.69. The van der Waals surface area contributed by atoms with Crippen molar-refractivity contribution in [1.29, 1.82) is 0 Å². The summed E-state index contributed by atoms with van der Waals surface area (Å²) in [6, 6.07) is 0. The molecule has 1 N–H and O–H groups in total. The fourth-order valence-corrected chi connectivity index (χ4v) is 1.77. The van der Waals surface area contributed by atoms with Crippen LogP contribution in [0, 0.1) is 0 Å². The molecule has 1 aliphatic rings. The van der Waals surface area contributed by atoms with E-state index in [4.69, 9.17) is 1.37 Å². The summed E-state index contributed by atoms with van der Waals surface area (Å²) >= 11 is 0. The quantitative estimate of drug-likeness (QED) is 0.669. The Bertz CT molecular complexity index is 122. The van der Waals surface area contributed by atoms with Crippen LogP contribution in [0.5, 0.6) is 0 Å². The first-order valence-corrected chi connectivity index (χ1v) is 4.81. The molecule has 0 radical (unpaired) electrons. The van der Waals surface area contributed by atoms with E-state index < -0.39 is 5.60 Å². The third kappa shape index (κ3) is 2.82. The van der Waals surface area contributed by atoms with Crippen LogP contribution in [0.2, 0.25) is 0 Å². The Morgan fingerprint density at radius 1 is 1.45 bits per heavy atom. The summed E-state index contributed by atoms with van der Waals surface area (Å²) in [7, 11) is 0. The maximum Gasteiger partial charge on any atom is 0.0647 e. The molecule has 0 aliphatic heterocycles. The Balaban J connectivity index is 2.29. The summed E-state index contributed by atoms with van der Waals surface area (Å²) < 4.78 is 7.51. The number of hydrogen-bond donors (Lipinski definition) is 1. The lowest BCUT2D eigenvalue weighted by Gasteiger charge is -2.31. The first kappa shape index (κ1) is 7.60. The molecule has 0 unspecified atom stereocenters. The molecule has 0 heterocycles. The zero-order valence-corrected chi connectivity index (χ0v) is 7.47. The normalized spacial score (nSPS) is 40.2. The maximum absolute atomic E-state index is 10.0. The predicted molar refractivity (Wildman–Crippen MR) is 47.6 cm³/mol. The first-order valence-electron chi connectivity index (χ1n) is 5.39. The lowest BCUT2D eigenvalue weighted by Crippen LogP contribution is -2.30. The third-order valence-corrected chi connectivity index (χ3v) is 2.62. The third-order valence-electron chi connectivity index (χ3n) is 2.62. The molecule has 0 bridgehead atoms. The number of hydrogen-bond acceptors (Lipinski definition) is 1. The molecule has 1 rings (SSSR count). The van der Waals surface area contributed by atoms with Crippen LogP contribution in [0.3, 0.4) is 0 Å². The minimum atomic E-state index is -0.409. The van der Waals surface area contributed by atoms with E-state index in [9.17, 15) is 5.11 Å². The van der Waals surface area contributed by atoms with Crippen molar-refractivity contribution < 1.29 is 6.48 Å². The van der Waals surface area contributed by atoms with Crippen molar-refractivity contribution in [2.75, 3.05) is 0 Å². The molecule has 0 aromatic rings. The van der Waals surface area contributed by atoms with Crippen LogP contribution in [0.25, 0.3) is 0 Å². The van der Waals surface area contributed by atoms with Gasteiger partial charge in [-0.1, -0.05) is 39.0 Å². The van der Waals surface area contributed by atoms with Gasteiger partial charge in [0.15, 0.2) is 0 Å². The van der Waals surface area contributed by atoms with Crippen LogP contribution >= 0.6 is 0 Å². The average Bonchev–Trinajstić information content (AvgIpc) is 2.08. The summed E-state index contributed by atoms with van der Waals surface area (Å²) in [5.74, 6) is 0. The molecule has 66 valence electrons. The van der Waals surface area contributed by atoms with E-state index in [1.807, 2.05) is 0 Å². The van der Waals surface area contributed by atoms with Crippen LogP contribution < -0.4 is 0 Å². The van der Waals surface area contributed by atoms with Crippen LogP contribution in [-0.2, 0) is 0 Å². The predicted octanol–water partition coefficient (Wildman–Crippen LogP) is 2.87. The van der Waals surface area contributed by atoms with E-state index in [0.717, 1.165) is 44.9 Å². The summed E-state index contributed by atoms with van der Waals surface area (Å²) in [5.41, 5.74) is -0.409. The van der Waals surface area contributed by atoms with Gasteiger partial charge in [0.25, 0.3) is 0 Å². The fraction of sp³-hybridized carbons (Fsp3) is 1.00. The summed E-state index contributed by atoms with van der Waals surface area (Å²) in [4.78, 5) is 0. The zero-order chi connectivity index (χ0) is 9.03. The topological polar surface area (TPSA) is 20.2 Å². The Labute approximate surface area is 71.2 Å². The van der Waals surface area contributed by atoms with Gasteiger partial charge in [-0.05, 0) is 19.3 Å². The van der Waals surface area contributed by atoms with Crippen molar-refractivity contribution in [3.05, 3.63) is 0 Å². The van der Waals surface area contributed by atoms with Gasteiger partial charge in [-0.15, -0.1) is 0 Å². The molecule has 11 heavy (non-hydrogen) atoms. The van der Waals surface area contributed by atoms with Crippen molar-refractivity contribution in [1.82, 2.24) is 0 Å². The lowest BCUT2D eigenvalue weighted by molar-refractivity contribution is -0.00549. The second kappa shape index (κ2) is 4.10. The highest BCUT2D eigenvalue weighted by Gasteiger charge is 2.27. The SMILES string of the molecule is [3H]C1CCC(O)(CCCC)CC1. The molecule has 0 spiro atoms. The van der Waals surface area contributed by atoms with E-state index in [-0.39, 0.29) is 6.40 Å². The van der Waals surface area contributed by atoms with Crippen molar-refractivity contribution >= 4 is 0 Å². The van der Waals surface area contributed by atoms with Gasteiger partial charge >= 0.3 is 0 Å². The molecule has 1 fully saturated rings. The van der Waals surface area contributed by atoms with E-state index >= 15 is 0 Å². The molecular weight excluding hydrogens is 136 g/mol. The van der Waals surface area contributed by atoms with Gasteiger partial charge in [-0.3, -0.25) is 0 Å². The molecule has 0 aromatic heterocycles. The molecule has 0 saturated heterocycles.